The summed E-state index contributed by atoms with van der Waals surface area (Å²) in [4.78, 5) is 26.0. The lowest BCUT2D eigenvalue weighted by Crippen LogP contribution is -2.47. The predicted octanol–water partition coefficient (Wildman–Crippen LogP) is 2.55. The predicted molar refractivity (Wildman–Crippen MR) is 104 cm³/mol. The standard InChI is InChI=1S/C21H26N4O2/c1-27-19-4-2-3-16(11-19)6-8-21(26)25-14-17-5-7-18(25)15-24(13-17)20-12-22-9-10-23-20/h2-4,9-12,17-18H,5-8,13-15H2,1H3. The first-order chi connectivity index (χ1) is 13.2. The van der Waals surface area contributed by atoms with Gasteiger partial charge in [-0.05, 0) is 42.9 Å². The number of carbonyl (C=O) groups excluding carboxylic acids is 1. The summed E-state index contributed by atoms with van der Waals surface area (Å²) in [6.07, 6.45) is 8.80. The Bertz CT molecular complexity index is 783. The van der Waals surface area contributed by atoms with E-state index in [1.165, 1.54) is 6.42 Å². The van der Waals surface area contributed by atoms with Gasteiger partial charge in [-0.25, -0.2) is 4.98 Å². The van der Waals surface area contributed by atoms with Crippen LogP contribution in [0.15, 0.2) is 42.9 Å². The molecule has 6 nitrogen and oxygen atoms in total. The van der Waals surface area contributed by atoms with Crippen LogP contribution in [0.1, 0.15) is 24.8 Å². The molecule has 2 bridgehead atoms. The molecular formula is C21H26N4O2. The fourth-order valence-corrected chi connectivity index (χ4v) is 4.25. The van der Waals surface area contributed by atoms with Crippen LogP contribution in [0.25, 0.3) is 0 Å². The maximum absolute atomic E-state index is 13.0. The molecule has 1 amide bonds. The Morgan fingerprint density at radius 2 is 2.15 bits per heavy atom. The minimum absolute atomic E-state index is 0.258. The third-order valence-electron chi connectivity index (χ3n) is 5.67. The second-order valence-electron chi connectivity index (χ2n) is 7.46. The van der Waals surface area contributed by atoms with Crippen molar-refractivity contribution < 1.29 is 9.53 Å². The number of amides is 1. The summed E-state index contributed by atoms with van der Waals surface area (Å²) in [5, 5.41) is 0. The van der Waals surface area contributed by atoms with Crippen molar-refractivity contribution in [3.63, 3.8) is 0 Å². The number of nitrogens with zero attached hydrogens (tertiary/aromatic N) is 4. The van der Waals surface area contributed by atoms with Gasteiger partial charge in [0.1, 0.15) is 11.6 Å². The summed E-state index contributed by atoms with van der Waals surface area (Å²) in [6, 6.07) is 8.24. The number of hydrogen-bond donors (Lipinski definition) is 0. The van der Waals surface area contributed by atoms with Crippen molar-refractivity contribution in [1.29, 1.82) is 0 Å². The van der Waals surface area contributed by atoms with Gasteiger partial charge in [-0.15, -0.1) is 0 Å². The molecule has 0 spiro atoms. The second-order valence-corrected chi connectivity index (χ2v) is 7.46. The first kappa shape index (κ1) is 17.8. The van der Waals surface area contributed by atoms with E-state index in [9.17, 15) is 4.79 Å². The number of piperidine rings is 1. The molecule has 2 unspecified atom stereocenters. The zero-order valence-corrected chi connectivity index (χ0v) is 15.8. The summed E-state index contributed by atoms with van der Waals surface area (Å²) < 4.78 is 5.28. The molecule has 142 valence electrons. The van der Waals surface area contributed by atoms with E-state index >= 15 is 0 Å². The number of aromatic nitrogens is 2. The SMILES string of the molecule is COc1cccc(CCC(=O)N2CC3CCC2CN(c2cnccn2)C3)c1. The molecule has 0 radical (unpaired) electrons. The molecule has 3 aliphatic rings. The molecule has 4 heterocycles. The van der Waals surface area contributed by atoms with Gasteiger partial charge in [-0.3, -0.25) is 9.78 Å². The lowest BCUT2D eigenvalue weighted by Gasteiger charge is -2.36. The van der Waals surface area contributed by atoms with Gasteiger partial charge in [0.25, 0.3) is 0 Å². The van der Waals surface area contributed by atoms with E-state index < -0.39 is 0 Å². The molecule has 2 atom stereocenters. The van der Waals surface area contributed by atoms with Gasteiger partial charge in [-0.1, -0.05) is 12.1 Å². The summed E-state index contributed by atoms with van der Waals surface area (Å²) in [5.41, 5.74) is 1.14. The smallest absolute Gasteiger partial charge is 0.223 e. The molecule has 0 saturated carbocycles. The number of carbonyl (C=O) groups is 1. The third kappa shape index (κ3) is 4.04. The lowest BCUT2D eigenvalue weighted by molar-refractivity contribution is -0.135. The molecular weight excluding hydrogens is 340 g/mol. The molecule has 2 aromatic rings. The number of methoxy groups -OCH3 is 1. The first-order valence-electron chi connectivity index (χ1n) is 9.66. The van der Waals surface area contributed by atoms with E-state index in [4.69, 9.17) is 4.74 Å². The Hall–Kier alpha value is -2.63. The molecule has 6 heteroatoms. The van der Waals surface area contributed by atoms with Crippen LogP contribution < -0.4 is 9.64 Å². The molecule has 5 rings (SSSR count). The highest BCUT2D eigenvalue weighted by Gasteiger charge is 2.37. The van der Waals surface area contributed by atoms with Crippen LogP contribution >= 0.6 is 0 Å². The van der Waals surface area contributed by atoms with Crippen LogP contribution in [0, 0.1) is 5.92 Å². The molecule has 0 aliphatic carbocycles. The van der Waals surface area contributed by atoms with E-state index in [0.717, 1.165) is 49.6 Å². The Morgan fingerprint density at radius 3 is 2.96 bits per heavy atom. The largest absolute Gasteiger partial charge is 0.497 e. The molecule has 27 heavy (non-hydrogen) atoms. The lowest BCUT2D eigenvalue weighted by atomic mass is 9.94. The summed E-state index contributed by atoms with van der Waals surface area (Å²) in [6.45, 7) is 2.66. The maximum Gasteiger partial charge on any atom is 0.223 e. The molecule has 0 N–H and O–H groups in total. The van der Waals surface area contributed by atoms with Crippen LogP contribution in [0.3, 0.4) is 0 Å². The Labute approximate surface area is 160 Å². The van der Waals surface area contributed by atoms with E-state index in [1.807, 2.05) is 24.4 Å². The fourth-order valence-electron chi connectivity index (χ4n) is 4.25. The minimum atomic E-state index is 0.258. The van der Waals surface area contributed by atoms with Gasteiger partial charge >= 0.3 is 0 Å². The van der Waals surface area contributed by atoms with Gasteiger partial charge in [0.15, 0.2) is 0 Å². The van der Waals surface area contributed by atoms with Gasteiger partial charge in [-0.2, -0.15) is 0 Å². The van der Waals surface area contributed by atoms with Crippen LogP contribution in [0.4, 0.5) is 5.82 Å². The van der Waals surface area contributed by atoms with Crippen molar-refractivity contribution in [2.45, 2.75) is 31.7 Å². The van der Waals surface area contributed by atoms with Gasteiger partial charge in [0.05, 0.1) is 13.3 Å². The minimum Gasteiger partial charge on any atom is -0.497 e. The van der Waals surface area contributed by atoms with Gasteiger partial charge in [0.2, 0.25) is 5.91 Å². The third-order valence-corrected chi connectivity index (χ3v) is 5.67. The normalized spacial score (nSPS) is 21.8. The second kappa shape index (κ2) is 7.94. The zero-order valence-electron chi connectivity index (χ0n) is 15.8. The topological polar surface area (TPSA) is 58.6 Å². The molecule has 3 saturated heterocycles. The first-order valence-corrected chi connectivity index (χ1v) is 9.66. The quantitative estimate of drug-likeness (QED) is 0.814. The van der Waals surface area contributed by atoms with Crippen molar-refractivity contribution in [1.82, 2.24) is 14.9 Å². The van der Waals surface area contributed by atoms with Crippen molar-refractivity contribution in [3.8, 4) is 5.75 Å². The summed E-state index contributed by atoms with van der Waals surface area (Å²) in [7, 11) is 1.67. The van der Waals surface area contributed by atoms with Crippen molar-refractivity contribution in [2.24, 2.45) is 5.92 Å². The average molecular weight is 366 g/mol. The number of anilines is 1. The van der Waals surface area contributed by atoms with Crippen molar-refractivity contribution >= 4 is 11.7 Å². The van der Waals surface area contributed by atoms with E-state index in [-0.39, 0.29) is 11.9 Å². The molecule has 1 aromatic heterocycles. The Morgan fingerprint density at radius 1 is 1.22 bits per heavy atom. The number of hydrogen-bond acceptors (Lipinski definition) is 5. The molecule has 1 aromatic carbocycles. The summed E-state index contributed by atoms with van der Waals surface area (Å²) in [5.74, 6) is 2.52. The average Bonchev–Trinajstić information content (AvgIpc) is 3.05. The highest BCUT2D eigenvalue weighted by Crippen LogP contribution is 2.30. The van der Waals surface area contributed by atoms with Crippen molar-refractivity contribution in [3.05, 3.63) is 48.4 Å². The number of benzene rings is 1. The number of ether oxygens (including phenoxy) is 1. The van der Waals surface area contributed by atoms with E-state index in [0.29, 0.717) is 12.3 Å². The van der Waals surface area contributed by atoms with Crippen LogP contribution in [0.5, 0.6) is 5.75 Å². The highest BCUT2D eigenvalue weighted by molar-refractivity contribution is 5.77. The number of fused-ring (bicyclic) bond motifs is 4. The fraction of sp³-hybridized carbons (Fsp3) is 0.476. The van der Waals surface area contributed by atoms with Gasteiger partial charge < -0.3 is 14.5 Å². The van der Waals surface area contributed by atoms with E-state index in [2.05, 4.69) is 25.8 Å². The van der Waals surface area contributed by atoms with Crippen LogP contribution in [-0.4, -0.2) is 53.6 Å². The Balaban J connectivity index is 1.41. The van der Waals surface area contributed by atoms with Crippen molar-refractivity contribution in [2.75, 3.05) is 31.6 Å². The highest BCUT2D eigenvalue weighted by atomic mass is 16.5. The number of aryl methyl sites for hydroxylation is 1. The molecule has 3 fully saturated rings. The zero-order chi connectivity index (χ0) is 18.6. The molecule has 3 aliphatic heterocycles. The maximum atomic E-state index is 13.0. The van der Waals surface area contributed by atoms with Crippen LogP contribution in [0.2, 0.25) is 0 Å². The summed E-state index contributed by atoms with van der Waals surface area (Å²) >= 11 is 0. The Kier molecular flexibility index (Phi) is 5.23. The number of rotatable bonds is 5. The van der Waals surface area contributed by atoms with E-state index in [1.54, 1.807) is 19.5 Å². The van der Waals surface area contributed by atoms with Gasteiger partial charge in [0, 0.05) is 44.5 Å². The monoisotopic (exact) mass is 366 g/mol. The van der Waals surface area contributed by atoms with Crippen LogP contribution in [-0.2, 0) is 11.2 Å².